The van der Waals surface area contributed by atoms with E-state index in [1.165, 1.54) is 18.9 Å². The van der Waals surface area contributed by atoms with Gasteiger partial charge in [-0.15, -0.1) is 0 Å². The second kappa shape index (κ2) is 32.9. The number of carbonyl (C=O) groups is 11. The molecule has 10 atom stereocenters. The smallest absolute Gasteiger partial charge is 0.248 e. The molecule has 0 bridgehead atoms. The Morgan fingerprint density at radius 1 is 0.681 bits per heavy atom. The van der Waals surface area contributed by atoms with Crippen molar-refractivity contribution in [3.63, 3.8) is 0 Å². The molecule has 13 N–H and O–H groups in total. The van der Waals surface area contributed by atoms with Crippen molar-refractivity contribution in [2.24, 2.45) is 29.2 Å². The van der Waals surface area contributed by atoms with E-state index in [0.717, 1.165) is 4.90 Å². The molecule has 25 heteroatoms. The first-order chi connectivity index (χ1) is 33.9. The van der Waals surface area contributed by atoms with Crippen LogP contribution in [-0.4, -0.2) is 181 Å². The molecule has 1 heterocycles. The van der Waals surface area contributed by atoms with Gasteiger partial charge in [0.05, 0.1) is 19.2 Å². The average molecular weight is 1030 g/mol. The summed E-state index contributed by atoms with van der Waals surface area (Å²) in [5.74, 6) is -9.06. The van der Waals surface area contributed by atoms with Gasteiger partial charge in [0, 0.05) is 20.1 Å². The third kappa shape index (κ3) is 21.4. The van der Waals surface area contributed by atoms with E-state index in [1.807, 2.05) is 6.92 Å². The highest BCUT2D eigenvalue weighted by atomic mass is 16.5. The zero-order valence-electron chi connectivity index (χ0n) is 43.9. The third-order valence-electron chi connectivity index (χ3n) is 12.3. The monoisotopic (exact) mass is 1020 g/mol. The molecule has 0 spiro atoms. The van der Waals surface area contributed by atoms with Gasteiger partial charge in [0.15, 0.2) is 0 Å². The van der Waals surface area contributed by atoms with Crippen LogP contribution in [0.2, 0.25) is 0 Å². The van der Waals surface area contributed by atoms with Crippen molar-refractivity contribution in [3.05, 3.63) is 0 Å². The highest BCUT2D eigenvalue weighted by molar-refractivity contribution is 5.98. The standard InChI is InChI=1S/C47H84N12O13/c1-11-17-30(41(65)55-38(27(7)12-2)44(68)53-31(18-15-20-48)47(71)59-21-16-19-32(59)42(66)50-14-4)52-46(70)40(29(9)60)57-45(69)39(28(8)13-3)56-43(67)37(26(5)6)54-34(62)22-51-35(63)23-58(10)36(64)25-72-24-33(49)61/h26-32,37-40,60H,11-25,48H2,1-10H3,(H2,49,61)(H,50,66)(H,51,63)(H,52,70)(H,53,68)(H,54,62)(H,55,65)(H,56,67)(H,57,69). The van der Waals surface area contributed by atoms with Crippen molar-refractivity contribution in [1.29, 1.82) is 0 Å². The van der Waals surface area contributed by atoms with E-state index in [2.05, 4.69) is 42.5 Å². The molecule has 10 unspecified atom stereocenters. The predicted molar refractivity (Wildman–Crippen MR) is 264 cm³/mol. The first-order valence-electron chi connectivity index (χ1n) is 25.0. The van der Waals surface area contributed by atoms with E-state index < -0.39 is 152 Å². The predicted octanol–water partition coefficient (Wildman–Crippen LogP) is -3.23. The van der Waals surface area contributed by atoms with Crippen molar-refractivity contribution in [1.82, 2.24) is 52.3 Å². The maximum absolute atomic E-state index is 14.0. The Hall–Kier alpha value is -5.95. The van der Waals surface area contributed by atoms with Gasteiger partial charge in [0.2, 0.25) is 65.0 Å². The summed E-state index contributed by atoms with van der Waals surface area (Å²) in [5, 5.41) is 31.8. The van der Waals surface area contributed by atoms with E-state index in [9.17, 15) is 57.8 Å². The van der Waals surface area contributed by atoms with Crippen LogP contribution in [-0.2, 0) is 57.5 Å². The number of nitrogens with one attached hydrogen (secondary N) is 8. The molecule has 410 valence electrons. The number of rotatable bonds is 33. The van der Waals surface area contributed by atoms with E-state index in [-0.39, 0.29) is 25.3 Å². The Balaban J connectivity index is 3.19. The van der Waals surface area contributed by atoms with Gasteiger partial charge < -0.3 is 73.6 Å². The SMILES string of the molecule is CCCC(NC(=O)C(NC(=O)C(NC(=O)C(NC(=O)CNC(=O)CN(C)C(=O)COCC(N)=O)C(C)C)C(C)CC)C(C)O)C(=O)NC(C(=O)NC(CCCN)C(=O)N1CCCC1C(=O)NCC)C(C)CC. The summed E-state index contributed by atoms with van der Waals surface area (Å²) < 4.78 is 4.85. The fourth-order valence-corrected chi connectivity index (χ4v) is 7.65. The van der Waals surface area contributed by atoms with E-state index in [0.29, 0.717) is 51.6 Å². The van der Waals surface area contributed by atoms with Crippen molar-refractivity contribution in [3.8, 4) is 0 Å². The largest absolute Gasteiger partial charge is 0.391 e. The number of nitrogens with zero attached hydrogens (tertiary/aromatic N) is 2. The molecule has 72 heavy (non-hydrogen) atoms. The molecule has 0 aromatic rings. The first-order valence-corrected chi connectivity index (χ1v) is 25.0. The average Bonchev–Trinajstić information content (AvgIpc) is 3.83. The van der Waals surface area contributed by atoms with Crippen LogP contribution in [0, 0.1) is 17.8 Å². The lowest BCUT2D eigenvalue weighted by molar-refractivity contribution is -0.142. The van der Waals surface area contributed by atoms with Crippen LogP contribution in [0.15, 0.2) is 0 Å². The number of likely N-dealkylation sites (N-methyl/N-ethyl adjacent to an activating group) is 2. The van der Waals surface area contributed by atoms with Crippen molar-refractivity contribution < 1.29 is 62.6 Å². The fraction of sp³-hybridized carbons (Fsp3) is 0.766. The molecule has 0 aromatic carbocycles. The molecule has 1 saturated heterocycles. The maximum Gasteiger partial charge on any atom is 0.248 e. The Bertz CT molecular complexity index is 1850. The second-order valence-corrected chi connectivity index (χ2v) is 18.7. The lowest BCUT2D eigenvalue weighted by Gasteiger charge is -2.32. The minimum atomic E-state index is -1.63. The van der Waals surface area contributed by atoms with Gasteiger partial charge in [-0.2, -0.15) is 0 Å². The normalized spacial score (nSPS) is 17.0. The summed E-state index contributed by atoms with van der Waals surface area (Å²) in [6.45, 7) is 14.0. The summed E-state index contributed by atoms with van der Waals surface area (Å²) in [6, 6.07) is -8.27. The van der Waals surface area contributed by atoms with Gasteiger partial charge in [-0.05, 0) is 70.3 Å². The summed E-state index contributed by atoms with van der Waals surface area (Å²) in [5.41, 5.74) is 10.8. The zero-order valence-corrected chi connectivity index (χ0v) is 43.9. The number of carbonyl (C=O) groups excluding carboxylic acids is 11. The minimum absolute atomic E-state index is 0.0874. The Morgan fingerprint density at radius 3 is 1.75 bits per heavy atom. The highest BCUT2D eigenvalue weighted by Gasteiger charge is 2.40. The molecule has 11 amide bonds. The van der Waals surface area contributed by atoms with Gasteiger partial charge in [0.1, 0.15) is 55.5 Å². The van der Waals surface area contributed by atoms with Crippen LogP contribution >= 0.6 is 0 Å². The van der Waals surface area contributed by atoms with E-state index in [1.54, 1.807) is 48.5 Å². The number of likely N-dealkylation sites (tertiary alicyclic amines) is 1. The van der Waals surface area contributed by atoms with Crippen LogP contribution in [0.4, 0.5) is 0 Å². The molecule has 0 aliphatic carbocycles. The molecule has 0 saturated carbocycles. The first kappa shape index (κ1) is 64.1. The Kier molecular flexibility index (Phi) is 29.3. The number of ether oxygens (including phenoxy) is 1. The second-order valence-electron chi connectivity index (χ2n) is 18.7. The molecule has 25 nitrogen and oxygen atoms in total. The number of hydrogen-bond acceptors (Lipinski definition) is 14. The number of nitrogens with two attached hydrogens (primary N) is 2. The van der Waals surface area contributed by atoms with Gasteiger partial charge in [0.25, 0.3) is 0 Å². The summed E-state index contributed by atoms with van der Waals surface area (Å²) in [6.07, 6.45) is 1.42. The molecular formula is C47H84N12O13. The van der Waals surface area contributed by atoms with Crippen LogP contribution in [0.5, 0.6) is 0 Å². The number of amides is 11. The number of hydrogen-bond donors (Lipinski definition) is 11. The highest BCUT2D eigenvalue weighted by Crippen LogP contribution is 2.20. The molecule has 1 rings (SSSR count). The lowest BCUT2D eigenvalue weighted by Crippen LogP contribution is -2.63. The number of primary amides is 1. The maximum atomic E-state index is 14.0. The lowest BCUT2D eigenvalue weighted by atomic mass is 9.95. The fourth-order valence-electron chi connectivity index (χ4n) is 7.65. The number of aliphatic hydroxyl groups is 1. The molecular weight excluding hydrogens is 941 g/mol. The summed E-state index contributed by atoms with van der Waals surface area (Å²) in [4.78, 5) is 147. The summed E-state index contributed by atoms with van der Waals surface area (Å²) in [7, 11) is 1.31. The van der Waals surface area contributed by atoms with Gasteiger partial charge >= 0.3 is 0 Å². The van der Waals surface area contributed by atoms with Crippen molar-refractivity contribution in [2.75, 3.05) is 53.0 Å². The van der Waals surface area contributed by atoms with E-state index >= 15 is 0 Å². The van der Waals surface area contributed by atoms with Crippen LogP contribution in [0.1, 0.15) is 114 Å². The minimum Gasteiger partial charge on any atom is -0.391 e. The molecule has 1 aliphatic heterocycles. The van der Waals surface area contributed by atoms with Crippen molar-refractivity contribution in [2.45, 2.75) is 162 Å². The van der Waals surface area contributed by atoms with E-state index in [4.69, 9.17) is 16.2 Å². The van der Waals surface area contributed by atoms with Crippen LogP contribution in [0.25, 0.3) is 0 Å². The topological polar surface area (TPSA) is 372 Å². The molecule has 0 aromatic heterocycles. The molecule has 1 fully saturated rings. The molecule has 1 aliphatic rings. The van der Waals surface area contributed by atoms with Gasteiger partial charge in [-0.3, -0.25) is 52.7 Å². The van der Waals surface area contributed by atoms with Crippen LogP contribution < -0.4 is 54.0 Å². The third-order valence-corrected chi connectivity index (χ3v) is 12.3. The van der Waals surface area contributed by atoms with Crippen molar-refractivity contribution >= 4 is 65.0 Å². The number of aliphatic hydroxyl groups excluding tert-OH is 1. The Labute approximate surface area is 423 Å². The zero-order chi connectivity index (χ0) is 54.8. The summed E-state index contributed by atoms with van der Waals surface area (Å²) >= 11 is 0. The quantitative estimate of drug-likeness (QED) is 0.0308. The van der Waals surface area contributed by atoms with Crippen LogP contribution in [0.3, 0.4) is 0 Å². The Morgan fingerprint density at radius 2 is 1.22 bits per heavy atom. The van der Waals surface area contributed by atoms with Gasteiger partial charge in [-0.1, -0.05) is 67.7 Å². The van der Waals surface area contributed by atoms with Gasteiger partial charge in [-0.25, -0.2) is 0 Å². The molecule has 0 radical (unpaired) electrons.